The van der Waals surface area contributed by atoms with E-state index in [1.165, 1.54) is 0 Å². The molecule has 0 unspecified atom stereocenters. The topological polar surface area (TPSA) is 93.9 Å². The molecule has 0 spiro atoms. The van der Waals surface area contributed by atoms with Gasteiger partial charge in [0.2, 0.25) is 5.91 Å². The number of methoxy groups -OCH3 is 1. The second kappa shape index (κ2) is 7.66. The van der Waals surface area contributed by atoms with E-state index in [1.807, 2.05) is 12.1 Å². The zero-order valence-electron chi connectivity index (χ0n) is 17.1. The summed E-state index contributed by atoms with van der Waals surface area (Å²) in [5.74, 6) is 0.515. The Hall–Kier alpha value is -2.44. The van der Waals surface area contributed by atoms with Crippen LogP contribution in [0.25, 0.3) is 0 Å². The van der Waals surface area contributed by atoms with Crippen molar-refractivity contribution in [1.29, 1.82) is 0 Å². The van der Waals surface area contributed by atoms with E-state index in [9.17, 15) is 9.59 Å². The minimum atomic E-state index is -1.06. The van der Waals surface area contributed by atoms with E-state index in [2.05, 4.69) is 5.32 Å². The van der Waals surface area contributed by atoms with E-state index in [-0.39, 0.29) is 5.91 Å². The Balaban J connectivity index is 2.08. The summed E-state index contributed by atoms with van der Waals surface area (Å²) < 4.78 is 10.6. The fourth-order valence-electron chi connectivity index (χ4n) is 3.16. The first-order valence-corrected chi connectivity index (χ1v) is 9.19. The van der Waals surface area contributed by atoms with Gasteiger partial charge in [-0.2, -0.15) is 0 Å². The lowest BCUT2D eigenvalue weighted by molar-refractivity contribution is -0.137. The van der Waals surface area contributed by atoms with Crippen LogP contribution in [-0.2, 0) is 22.4 Å². The van der Waals surface area contributed by atoms with Gasteiger partial charge in [0.15, 0.2) is 0 Å². The molecule has 0 radical (unpaired) electrons. The molecule has 7 heteroatoms. The second-order valence-corrected chi connectivity index (χ2v) is 8.41. The van der Waals surface area contributed by atoms with Gasteiger partial charge < -0.3 is 25.4 Å². The maximum Gasteiger partial charge on any atom is 0.408 e. The van der Waals surface area contributed by atoms with E-state index in [0.29, 0.717) is 37.4 Å². The van der Waals surface area contributed by atoms with Crippen molar-refractivity contribution < 1.29 is 19.1 Å². The summed E-state index contributed by atoms with van der Waals surface area (Å²) in [5, 5.41) is 2.69. The molecule has 7 nitrogen and oxygen atoms in total. The van der Waals surface area contributed by atoms with Crippen molar-refractivity contribution in [1.82, 2.24) is 10.2 Å². The number of alkyl carbamates (subject to hydrolysis) is 1. The van der Waals surface area contributed by atoms with E-state index in [4.69, 9.17) is 15.2 Å². The number of hydrogen-bond donors (Lipinski definition) is 2. The van der Waals surface area contributed by atoms with E-state index in [0.717, 1.165) is 11.1 Å². The van der Waals surface area contributed by atoms with E-state index < -0.39 is 17.2 Å². The predicted molar refractivity (Wildman–Crippen MR) is 105 cm³/mol. The van der Waals surface area contributed by atoms with E-state index >= 15 is 0 Å². The number of nitrogen functional groups attached to an aromatic ring is 1. The van der Waals surface area contributed by atoms with Crippen molar-refractivity contribution in [2.45, 2.75) is 58.6 Å². The molecule has 0 atom stereocenters. The number of anilines is 1. The van der Waals surface area contributed by atoms with Gasteiger partial charge in [-0.3, -0.25) is 4.79 Å². The number of nitrogens with one attached hydrogen (secondary N) is 1. The lowest BCUT2D eigenvalue weighted by Crippen LogP contribution is -2.57. The lowest BCUT2D eigenvalue weighted by Gasteiger charge is -2.32. The van der Waals surface area contributed by atoms with Crippen molar-refractivity contribution in [3.63, 3.8) is 0 Å². The first-order valence-electron chi connectivity index (χ1n) is 9.19. The lowest BCUT2D eigenvalue weighted by atomic mass is 10.0. The molecule has 0 fully saturated rings. The van der Waals surface area contributed by atoms with Gasteiger partial charge in [-0.25, -0.2) is 4.79 Å². The highest BCUT2D eigenvalue weighted by atomic mass is 16.6. The number of amides is 2. The molecule has 2 rings (SSSR count). The minimum absolute atomic E-state index is 0.138. The van der Waals surface area contributed by atoms with Crippen LogP contribution in [0.1, 0.15) is 45.7 Å². The van der Waals surface area contributed by atoms with Crippen LogP contribution >= 0.6 is 0 Å². The number of ether oxygens (including phenoxy) is 2. The number of nitrogens with zero attached hydrogens (tertiary/aromatic N) is 1. The van der Waals surface area contributed by atoms with Gasteiger partial charge >= 0.3 is 6.09 Å². The van der Waals surface area contributed by atoms with Crippen molar-refractivity contribution in [3.05, 3.63) is 23.3 Å². The molecule has 1 aromatic rings. The van der Waals surface area contributed by atoms with Crippen LogP contribution < -0.4 is 15.8 Å². The number of benzene rings is 1. The minimum Gasteiger partial charge on any atom is -0.495 e. The van der Waals surface area contributed by atoms with Crippen molar-refractivity contribution >= 4 is 17.7 Å². The monoisotopic (exact) mass is 377 g/mol. The smallest absolute Gasteiger partial charge is 0.408 e. The van der Waals surface area contributed by atoms with E-state index in [1.54, 1.807) is 46.6 Å². The van der Waals surface area contributed by atoms with Crippen molar-refractivity contribution in [3.8, 4) is 5.75 Å². The molecule has 1 aromatic carbocycles. The second-order valence-electron chi connectivity index (χ2n) is 8.41. The van der Waals surface area contributed by atoms with Gasteiger partial charge in [0, 0.05) is 13.1 Å². The number of hydrogen-bond acceptors (Lipinski definition) is 5. The van der Waals surface area contributed by atoms with Crippen LogP contribution in [0.4, 0.5) is 10.5 Å². The highest BCUT2D eigenvalue weighted by Gasteiger charge is 2.35. The van der Waals surface area contributed by atoms with Gasteiger partial charge in [-0.1, -0.05) is 0 Å². The molecule has 27 heavy (non-hydrogen) atoms. The molecular weight excluding hydrogens is 346 g/mol. The van der Waals surface area contributed by atoms with Crippen molar-refractivity contribution in [2.75, 3.05) is 25.9 Å². The fourth-order valence-corrected chi connectivity index (χ4v) is 3.16. The van der Waals surface area contributed by atoms with Gasteiger partial charge in [0.05, 0.1) is 12.8 Å². The highest BCUT2D eigenvalue weighted by Crippen LogP contribution is 2.28. The summed E-state index contributed by atoms with van der Waals surface area (Å²) in [5.41, 5.74) is 7.19. The van der Waals surface area contributed by atoms with Crippen LogP contribution in [0, 0.1) is 0 Å². The average Bonchev–Trinajstić information content (AvgIpc) is 2.72. The molecule has 2 amide bonds. The largest absolute Gasteiger partial charge is 0.495 e. The first-order chi connectivity index (χ1) is 12.4. The molecule has 0 aliphatic carbocycles. The molecule has 1 heterocycles. The van der Waals surface area contributed by atoms with Crippen LogP contribution in [0.3, 0.4) is 0 Å². The SMILES string of the molecule is COc1cc2c(cc1N)CCN(C(=O)C(C)(C)NC(=O)OC(C)(C)C)CC2. The number of carbonyl (C=O) groups excluding carboxylic acids is 2. The quantitative estimate of drug-likeness (QED) is 0.790. The molecule has 0 saturated carbocycles. The van der Waals surface area contributed by atoms with Crippen LogP contribution in [0.2, 0.25) is 0 Å². The van der Waals surface area contributed by atoms with Gasteiger partial charge in [-0.05, 0) is 70.7 Å². The number of nitrogens with two attached hydrogens (primary N) is 1. The molecule has 3 N–H and O–H groups in total. The van der Waals surface area contributed by atoms with Crippen LogP contribution in [-0.4, -0.2) is 48.2 Å². The summed E-state index contributed by atoms with van der Waals surface area (Å²) in [6.45, 7) is 9.88. The maximum atomic E-state index is 13.0. The molecule has 0 bridgehead atoms. The van der Waals surface area contributed by atoms with Crippen LogP contribution in [0.5, 0.6) is 5.75 Å². The third-order valence-corrected chi connectivity index (χ3v) is 4.49. The fraction of sp³-hybridized carbons (Fsp3) is 0.600. The van der Waals surface area contributed by atoms with Crippen LogP contribution in [0.15, 0.2) is 12.1 Å². The normalized spacial score (nSPS) is 14.8. The number of carbonyl (C=O) groups is 2. The number of fused-ring (bicyclic) bond motifs is 1. The Morgan fingerprint density at radius 1 is 1.07 bits per heavy atom. The summed E-state index contributed by atoms with van der Waals surface area (Å²) in [6.07, 6.45) is 0.814. The first kappa shape index (κ1) is 20.9. The molecule has 1 aliphatic heterocycles. The number of rotatable bonds is 3. The zero-order chi connectivity index (χ0) is 20.4. The Labute approximate surface area is 161 Å². The Bertz CT molecular complexity index is 723. The third kappa shape index (κ3) is 5.28. The standard InChI is InChI=1S/C20H31N3O4/c1-19(2,3)27-18(25)22-20(4,5)17(24)23-9-7-13-11-15(21)16(26-6)12-14(13)8-10-23/h11-12H,7-10,21H2,1-6H3,(H,22,25). The predicted octanol–water partition coefficient (Wildman–Crippen LogP) is 2.51. The Morgan fingerprint density at radius 2 is 1.63 bits per heavy atom. The molecule has 0 saturated heterocycles. The third-order valence-electron chi connectivity index (χ3n) is 4.49. The Kier molecular flexibility index (Phi) is 5.92. The maximum absolute atomic E-state index is 13.0. The molecule has 0 aromatic heterocycles. The van der Waals surface area contributed by atoms with Gasteiger partial charge in [-0.15, -0.1) is 0 Å². The summed E-state index contributed by atoms with van der Waals surface area (Å²) in [4.78, 5) is 26.9. The molecule has 150 valence electrons. The molecule has 1 aliphatic rings. The Morgan fingerprint density at radius 3 is 2.15 bits per heavy atom. The average molecular weight is 377 g/mol. The molecular formula is C20H31N3O4. The van der Waals surface area contributed by atoms with Gasteiger partial charge in [0.1, 0.15) is 16.9 Å². The summed E-state index contributed by atoms with van der Waals surface area (Å²) in [6, 6.07) is 3.87. The summed E-state index contributed by atoms with van der Waals surface area (Å²) in [7, 11) is 1.59. The van der Waals surface area contributed by atoms with Gasteiger partial charge in [0.25, 0.3) is 0 Å². The zero-order valence-corrected chi connectivity index (χ0v) is 17.1. The summed E-state index contributed by atoms with van der Waals surface area (Å²) >= 11 is 0. The highest BCUT2D eigenvalue weighted by molar-refractivity contribution is 5.89. The van der Waals surface area contributed by atoms with Crippen molar-refractivity contribution in [2.24, 2.45) is 0 Å².